The molecule has 0 N–H and O–H groups in total. The van der Waals surface area contributed by atoms with Crippen molar-refractivity contribution in [1.29, 1.82) is 0 Å². The van der Waals surface area contributed by atoms with E-state index in [0.29, 0.717) is 6.61 Å². The number of para-hydroxylation sites is 2. The van der Waals surface area contributed by atoms with E-state index in [4.69, 9.17) is 9.72 Å². The molecule has 21 heavy (non-hydrogen) atoms. The van der Waals surface area contributed by atoms with E-state index in [0.717, 1.165) is 34.3 Å². The van der Waals surface area contributed by atoms with Crippen LogP contribution in [0.2, 0.25) is 0 Å². The van der Waals surface area contributed by atoms with Crippen LogP contribution in [0, 0.1) is 0 Å². The van der Waals surface area contributed by atoms with Crippen LogP contribution in [-0.2, 0) is 24.1 Å². The van der Waals surface area contributed by atoms with Gasteiger partial charge in [-0.25, -0.2) is 9.97 Å². The van der Waals surface area contributed by atoms with E-state index in [-0.39, 0.29) is 0 Å². The maximum absolute atomic E-state index is 5.20. The molecule has 0 saturated heterocycles. The van der Waals surface area contributed by atoms with E-state index in [9.17, 15) is 0 Å². The number of methoxy groups -OCH3 is 1. The van der Waals surface area contributed by atoms with Crippen LogP contribution >= 0.6 is 11.8 Å². The Balaban J connectivity index is 1.87. The van der Waals surface area contributed by atoms with Crippen molar-refractivity contribution >= 4 is 22.8 Å². The predicted octanol–water partition coefficient (Wildman–Crippen LogP) is 2.10. The van der Waals surface area contributed by atoms with Crippen LogP contribution in [0.4, 0.5) is 0 Å². The number of benzene rings is 1. The maximum Gasteiger partial charge on any atom is 0.169 e. The molecule has 1 aromatic carbocycles. The first-order valence-electron chi connectivity index (χ1n) is 6.69. The Kier molecular flexibility index (Phi) is 4.21. The quantitative estimate of drug-likeness (QED) is 0.653. The third-order valence-corrected chi connectivity index (χ3v) is 4.25. The smallest absolute Gasteiger partial charge is 0.169 e. The second-order valence-corrected chi connectivity index (χ2v) is 5.56. The van der Waals surface area contributed by atoms with Gasteiger partial charge in [0.05, 0.1) is 23.4 Å². The summed E-state index contributed by atoms with van der Waals surface area (Å²) < 4.78 is 9.19. The Morgan fingerprint density at radius 3 is 2.90 bits per heavy atom. The Bertz CT molecular complexity index is 736. The third kappa shape index (κ3) is 2.93. The van der Waals surface area contributed by atoms with Crippen molar-refractivity contribution in [3.8, 4) is 0 Å². The average Bonchev–Trinajstić information content (AvgIpc) is 3.06. The van der Waals surface area contributed by atoms with E-state index >= 15 is 0 Å². The second kappa shape index (κ2) is 6.28. The summed E-state index contributed by atoms with van der Waals surface area (Å²) in [5.74, 6) is 1.68. The fraction of sp³-hybridized carbons (Fsp3) is 0.357. The second-order valence-electron chi connectivity index (χ2n) is 4.62. The summed E-state index contributed by atoms with van der Waals surface area (Å²) in [6.07, 6.45) is 1.57. The van der Waals surface area contributed by atoms with E-state index in [2.05, 4.69) is 20.7 Å². The van der Waals surface area contributed by atoms with Crippen molar-refractivity contribution in [2.75, 3.05) is 13.7 Å². The largest absolute Gasteiger partial charge is 0.383 e. The first-order valence-corrected chi connectivity index (χ1v) is 7.68. The van der Waals surface area contributed by atoms with Crippen LogP contribution in [0.3, 0.4) is 0 Å². The standard InChI is InChI=1S/C14H17N5OS/c1-18-13(15-10-16-18)9-21-14-17-11-5-3-4-6-12(11)19(14)7-8-20-2/h3-6,10H,7-9H2,1-2H3. The lowest BCUT2D eigenvalue weighted by atomic mass is 10.3. The summed E-state index contributed by atoms with van der Waals surface area (Å²) in [5.41, 5.74) is 2.14. The zero-order valence-corrected chi connectivity index (χ0v) is 12.9. The van der Waals surface area contributed by atoms with Gasteiger partial charge in [-0.2, -0.15) is 5.10 Å². The normalized spacial score (nSPS) is 11.3. The van der Waals surface area contributed by atoms with Gasteiger partial charge in [-0.3, -0.25) is 4.68 Å². The number of hydrogen-bond acceptors (Lipinski definition) is 5. The highest BCUT2D eigenvalue weighted by atomic mass is 32.2. The van der Waals surface area contributed by atoms with Crippen molar-refractivity contribution in [2.24, 2.45) is 7.05 Å². The highest BCUT2D eigenvalue weighted by Gasteiger charge is 2.12. The first-order chi connectivity index (χ1) is 10.3. The first kappa shape index (κ1) is 14.1. The van der Waals surface area contributed by atoms with Gasteiger partial charge in [-0.15, -0.1) is 0 Å². The molecule has 0 radical (unpaired) electrons. The van der Waals surface area contributed by atoms with Crippen molar-refractivity contribution in [3.63, 3.8) is 0 Å². The number of fused-ring (bicyclic) bond motifs is 1. The molecule has 0 fully saturated rings. The molecule has 3 aromatic rings. The number of aromatic nitrogens is 5. The minimum absolute atomic E-state index is 0.665. The number of nitrogens with zero attached hydrogens (tertiary/aromatic N) is 5. The number of imidazole rings is 1. The van der Waals surface area contributed by atoms with Gasteiger partial charge in [-0.1, -0.05) is 23.9 Å². The van der Waals surface area contributed by atoms with Crippen LogP contribution < -0.4 is 0 Å². The number of hydrogen-bond donors (Lipinski definition) is 0. The number of aryl methyl sites for hydroxylation is 1. The van der Waals surface area contributed by atoms with Gasteiger partial charge in [0.15, 0.2) is 5.16 Å². The van der Waals surface area contributed by atoms with Gasteiger partial charge in [0.25, 0.3) is 0 Å². The SMILES string of the molecule is COCCn1c(SCc2ncnn2C)nc2ccccc21. The van der Waals surface area contributed by atoms with E-state index < -0.39 is 0 Å². The van der Waals surface area contributed by atoms with Crippen molar-refractivity contribution in [1.82, 2.24) is 24.3 Å². The summed E-state index contributed by atoms with van der Waals surface area (Å²) in [7, 11) is 3.61. The summed E-state index contributed by atoms with van der Waals surface area (Å²) in [5, 5.41) is 5.07. The molecule has 0 aliphatic rings. The van der Waals surface area contributed by atoms with Gasteiger partial charge in [-0.05, 0) is 12.1 Å². The van der Waals surface area contributed by atoms with Crippen molar-refractivity contribution < 1.29 is 4.74 Å². The number of rotatable bonds is 6. The van der Waals surface area contributed by atoms with Gasteiger partial charge < -0.3 is 9.30 Å². The van der Waals surface area contributed by atoms with Crippen molar-refractivity contribution in [3.05, 3.63) is 36.4 Å². The topological polar surface area (TPSA) is 57.8 Å². The van der Waals surface area contributed by atoms with Crippen LogP contribution in [0.1, 0.15) is 5.82 Å². The molecule has 0 atom stereocenters. The minimum Gasteiger partial charge on any atom is -0.383 e. The Morgan fingerprint density at radius 1 is 1.29 bits per heavy atom. The minimum atomic E-state index is 0.665. The van der Waals surface area contributed by atoms with Crippen LogP contribution in [-0.4, -0.2) is 38.0 Å². The lowest BCUT2D eigenvalue weighted by Gasteiger charge is -2.07. The monoisotopic (exact) mass is 303 g/mol. The molecule has 0 unspecified atom stereocenters. The molecule has 3 rings (SSSR count). The lowest BCUT2D eigenvalue weighted by Crippen LogP contribution is -2.06. The Hall–Kier alpha value is -1.86. The Morgan fingerprint density at radius 2 is 2.14 bits per heavy atom. The van der Waals surface area contributed by atoms with Crippen molar-refractivity contribution in [2.45, 2.75) is 17.5 Å². The molecule has 0 saturated carbocycles. The van der Waals surface area contributed by atoms with Crippen LogP contribution in [0.15, 0.2) is 35.7 Å². The molecular weight excluding hydrogens is 286 g/mol. The predicted molar refractivity (Wildman–Crippen MR) is 82.2 cm³/mol. The zero-order valence-electron chi connectivity index (χ0n) is 12.1. The summed E-state index contributed by atoms with van der Waals surface area (Å²) >= 11 is 1.67. The van der Waals surface area contributed by atoms with Gasteiger partial charge in [0.1, 0.15) is 12.2 Å². The number of thioether (sulfide) groups is 1. The molecule has 2 aromatic heterocycles. The van der Waals surface area contributed by atoms with Gasteiger partial charge in [0, 0.05) is 20.7 Å². The van der Waals surface area contributed by atoms with Crippen LogP contribution in [0.25, 0.3) is 11.0 Å². The summed E-state index contributed by atoms with van der Waals surface area (Å²) in [6.45, 7) is 1.45. The van der Waals surface area contributed by atoms with E-state index in [1.165, 1.54) is 0 Å². The highest BCUT2D eigenvalue weighted by Crippen LogP contribution is 2.26. The molecule has 0 aliphatic carbocycles. The molecule has 0 bridgehead atoms. The highest BCUT2D eigenvalue weighted by molar-refractivity contribution is 7.98. The fourth-order valence-electron chi connectivity index (χ4n) is 2.14. The van der Waals surface area contributed by atoms with E-state index in [1.54, 1.807) is 29.9 Å². The lowest BCUT2D eigenvalue weighted by molar-refractivity contribution is 0.186. The van der Waals surface area contributed by atoms with Crippen LogP contribution in [0.5, 0.6) is 0 Å². The molecule has 0 spiro atoms. The summed E-state index contributed by atoms with van der Waals surface area (Å²) in [4.78, 5) is 8.95. The van der Waals surface area contributed by atoms with Gasteiger partial charge in [0.2, 0.25) is 0 Å². The fourth-order valence-corrected chi connectivity index (χ4v) is 3.17. The molecule has 6 nitrogen and oxygen atoms in total. The molecule has 2 heterocycles. The Labute approximate surface area is 127 Å². The number of ether oxygens (including phenoxy) is 1. The molecule has 110 valence electrons. The zero-order chi connectivity index (χ0) is 14.7. The average molecular weight is 303 g/mol. The molecular formula is C14H17N5OS. The van der Waals surface area contributed by atoms with E-state index in [1.807, 2.05) is 25.2 Å². The maximum atomic E-state index is 5.20. The summed E-state index contributed by atoms with van der Waals surface area (Å²) in [6, 6.07) is 8.16. The third-order valence-electron chi connectivity index (χ3n) is 3.27. The molecule has 0 aliphatic heterocycles. The molecule has 0 amide bonds. The molecule has 7 heteroatoms. The van der Waals surface area contributed by atoms with Gasteiger partial charge >= 0.3 is 0 Å².